The van der Waals surface area contributed by atoms with Crippen molar-refractivity contribution < 1.29 is 14.4 Å². The van der Waals surface area contributed by atoms with Gasteiger partial charge in [-0.25, -0.2) is 0 Å². The zero-order chi connectivity index (χ0) is 17.4. The number of hydrogen-bond acceptors (Lipinski definition) is 4. The first kappa shape index (κ1) is 14.9. The van der Waals surface area contributed by atoms with E-state index in [0.29, 0.717) is 27.1 Å². The average molecular weight is 332 g/mol. The Labute approximate surface area is 142 Å². The van der Waals surface area contributed by atoms with E-state index in [4.69, 9.17) is 4.74 Å². The summed E-state index contributed by atoms with van der Waals surface area (Å²) in [4.78, 5) is 11.0. The molecule has 0 atom stereocenters. The van der Waals surface area contributed by atoms with E-state index in [-0.39, 0.29) is 16.6 Å². The third kappa shape index (κ3) is 2.40. The fourth-order valence-corrected chi connectivity index (χ4v) is 2.90. The van der Waals surface area contributed by atoms with Gasteiger partial charge in [-0.1, -0.05) is 30.3 Å². The summed E-state index contributed by atoms with van der Waals surface area (Å²) in [5.74, 6) is 0.840. The number of ether oxygens (including phenoxy) is 1. The van der Waals surface area contributed by atoms with E-state index in [0.717, 1.165) is 0 Å². The van der Waals surface area contributed by atoms with Gasteiger partial charge in [0.25, 0.3) is 5.69 Å². The average Bonchev–Trinajstić information content (AvgIpc) is 2.65. The maximum absolute atomic E-state index is 12.7. The Morgan fingerprint density at radius 1 is 0.840 bits per heavy atom. The fraction of sp³-hybridized carbons (Fsp3) is 0. The predicted octanol–water partition coefficient (Wildman–Crippen LogP) is 4.33. The van der Waals surface area contributed by atoms with Gasteiger partial charge in [0.15, 0.2) is 11.1 Å². The lowest BCUT2D eigenvalue weighted by molar-refractivity contribution is -0.548. The van der Waals surface area contributed by atoms with E-state index in [9.17, 15) is 15.3 Å². The maximum atomic E-state index is 12.7. The maximum Gasteiger partial charge on any atom is 0.287 e. The highest BCUT2D eigenvalue weighted by Gasteiger charge is 2.26. The van der Waals surface area contributed by atoms with Gasteiger partial charge in [-0.15, -0.1) is 0 Å². The number of para-hydroxylation sites is 2. The van der Waals surface area contributed by atoms with Crippen molar-refractivity contribution in [1.29, 1.82) is 0 Å². The molecule has 1 heterocycles. The Bertz CT molecular complexity index is 1110. The zero-order valence-corrected chi connectivity index (χ0v) is 13.0. The molecule has 0 saturated carbocycles. The van der Waals surface area contributed by atoms with E-state index in [1.54, 1.807) is 42.5 Å². The second-order valence-electron chi connectivity index (χ2n) is 5.48. The molecule has 0 saturated heterocycles. The van der Waals surface area contributed by atoms with Crippen LogP contribution in [-0.2, 0) is 0 Å². The quantitative estimate of drug-likeness (QED) is 0.184. The van der Waals surface area contributed by atoms with Crippen LogP contribution in [-0.4, -0.2) is 4.92 Å². The molecule has 0 fully saturated rings. The number of benzene rings is 3. The largest absolute Gasteiger partial charge is 0.618 e. The lowest BCUT2D eigenvalue weighted by atomic mass is 10.1. The van der Waals surface area contributed by atoms with Crippen LogP contribution in [0.5, 0.6) is 11.5 Å². The van der Waals surface area contributed by atoms with E-state index in [2.05, 4.69) is 0 Å². The van der Waals surface area contributed by atoms with E-state index in [1.165, 1.54) is 12.1 Å². The number of nitro groups is 1. The summed E-state index contributed by atoms with van der Waals surface area (Å²) in [7, 11) is 0. The number of fused-ring (bicyclic) bond motifs is 2. The van der Waals surface area contributed by atoms with Crippen molar-refractivity contribution in [3.63, 3.8) is 0 Å². The van der Waals surface area contributed by atoms with Gasteiger partial charge in [-0.2, -0.15) is 4.73 Å². The van der Waals surface area contributed by atoms with Crippen molar-refractivity contribution in [3.05, 3.63) is 88.1 Å². The van der Waals surface area contributed by atoms with Crippen molar-refractivity contribution in [2.75, 3.05) is 0 Å². The Kier molecular flexibility index (Phi) is 3.43. The third-order valence-electron chi connectivity index (χ3n) is 3.99. The monoisotopic (exact) mass is 332 g/mol. The Hall–Kier alpha value is -3.67. The number of rotatable bonds is 3. The van der Waals surface area contributed by atoms with Gasteiger partial charge >= 0.3 is 0 Å². The molecule has 0 unspecified atom stereocenters. The molecule has 6 heteroatoms. The molecule has 3 aromatic carbocycles. The summed E-state index contributed by atoms with van der Waals surface area (Å²) in [5, 5.41) is 24.9. The minimum Gasteiger partial charge on any atom is -0.618 e. The minimum atomic E-state index is -0.505. The van der Waals surface area contributed by atoms with Crippen molar-refractivity contribution >= 4 is 27.5 Å². The summed E-state index contributed by atoms with van der Waals surface area (Å²) in [5.41, 5.74) is 0.416. The normalized spacial score (nSPS) is 10.9. The highest BCUT2D eigenvalue weighted by atomic mass is 16.6. The molecule has 4 aromatic rings. The molecule has 0 aliphatic carbocycles. The van der Waals surface area contributed by atoms with Gasteiger partial charge in [-0.05, 0) is 24.3 Å². The van der Waals surface area contributed by atoms with Gasteiger partial charge in [0.05, 0.1) is 10.3 Å². The highest BCUT2D eigenvalue weighted by Crippen LogP contribution is 2.39. The first-order chi connectivity index (χ1) is 12.2. The summed E-state index contributed by atoms with van der Waals surface area (Å²) < 4.78 is 6.70. The number of nitro benzene ring substituents is 1. The molecule has 122 valence electrons. The van der Waals surface area contributed by atoms with Crippen LogP contribution in [0.25, 0.3) is 21.8 Å². The lowest BCUT2D eigenvalue weighted by Crippen LogP contribution is -2.28. The van der Waals surface area contributed by atoms with Gasteiger partial charge in [0.2, 0.25) is 11.0 Å². The molecule has 1 aromatic heterocycles. The number of aromatic nitrogens is 1. The van der Waals surface area contributed by atoms with E-state index >= 15 is 0 Å². The van der Waals surface area contributed by atoms with Crippen molar-refractivity contribution in [2.45, 2.75) is 0 Å². The highest BCUT2D eigenvalue weighted by molar-refractivity contribution is 6.02. The standard InChI is InChI=1S/C19H12N2O4/c22-20-15-10-5-4-9-14(15)19(25-13-7-2-1-3-8-13)18-16(20)11-6-12-17(18)21(23)24/h1-12H. The zero-order valence-electron chi connectivity index (χ0n) is 13.0. The van der Waals surface area contributed by atoms with Crippen molar-refractivity contribution in [2.24, 2.45) is 0 Å². The summed E-state index contributed by atoms with van der Waals surface area (Å²) in [6.45, 7) is 0. The second kappa shape index (κ2) is 5.76. The van der Waals surface area contributed by atoms with Gasteiger partial charge in [0.1, 0.15) is 5.75 Å². The minimum absolute atomic E-state index is 0.168. The Balaban J connectivity index is 2.15. The molecule has 0 aliphatic heterocycles. The van der Waals surface area contributed by atoms with Gasteiger partial charge in [-0.3, -0.25) is 10.1 Å². The summed E-state index contributed by atoms with van der Waals surface area (Å²) in [6.07, 6.45) is 0. The third-order valence-corrected chi connectivity index (χ3v) is 3.99. The Morgan fingerprint density at radius 2 is 1.52 bits per heavy atom. The first-order valence-electron chi connectivity index (χ1n) is 7.61. The summed E-state index contributed by atoms with van der Waals surface area (Å²) in [6, 6.07) is 20.3. The number of pyridine rings is 1. The number of hydrogen-bond donors (Lipinski definition) is 0. The number of nitrogens with zero attached hydrogens (tertiary/aromatic N) is 2. The Morgan fingerprint density at radius 3 is 2.28 bits per heavy atom. The molecule has 0 bridgehead atoms. The molecule has 0 radical (unpaired) electrons. The molecule has 0 aliphatic rings. The topological polar surface area (TPSA) is 79.3 Å². The number of non-ortho nitro benzene ring substituents is 1. The van der Waals surface area contributed by atoms with Crippen molar-refractivity contribution in [1.82, 2.24) is 0 Å². The van der Waals surface area contributed by atoms with Crippen LogP contribution in [0.1, 0.15) is 0 Å². The smallest absolute Gasteiger partial charge is 0.287 e. The SMILES string of the molecule is O=[N+]([O-])c1cccc2c1c(Oc1ccccc1)c1ccccc1[n+]2[O-]. The molecule has 25 heavy (non-hydrogen) atoms. The van der Waals surface area contributed by atoms with Crippen LogP contribution in [0.15, 0.2) is 72.8 Å². The second-order valence-corrected chi connectivity index (χ2v) is 5.48. The van der Waals surface area contributed by atoms with Crippen LogP contribution < -0.4 is 9.47 Å². The molecular formula is C19H12N2O4. The van der Waals surface area contributed by atoms with Crippen LogP contribution in [0, 0.1) is 15.3 Å². The molecule has 4 rings (SSSR count). The predicted molar refractivity (Wildman–Crippen MR) is 93.6 cm³/mol. The molecule has 0 amide bonds. The molecule has 6 nitrogen and oxygen atoms in total. The van der Waals surface area contributed by atoms with E-state index < -0.39 is 4.92 Å². The first-order valence-corrected chi connectivity index (χ1v) is 7.61. The molecular weight excluding hydrogens is 320 g/mol. The van der Waals surface area contributed by atoms with Crippen LogP contribution in [0.4, 0.5) is 5.69 Å². The lowest BCUT2D eigenvalue weighted by Gasteiger charge is -2.13. The van der Waals surface area contributed by atoms with E-state index in [1.807, 2.05) is 18.2 Å². The van der Waals surface area contributed by atoms with Gasteiger partial charge in [0, 0.05) is 18.2 Å². The van der Waals surface area contributed by atoms with Crippen LogP contribution in [0.3, 0.4) is 0 Å². The van der Waals surface area contributed by atoms with Crippen LogP contribution in [0.2, 0.25) is 0 Å². The van der Waals surface area contributed by atoms with Crippen molar-refractivity contribution in [3.8, 4) is 11.5 Å². The summed E-state index contributed by atoms with van der Waals surface area (Å²) >= 11 is 0. The van der Waals surface area contributed by atoms with Crippen LogP contribution >= 0.6 is 0 Å². The molecule has 0 spiro atoms. The van der Waals surface area contributed by atoms with Gasteiger partial charge < -0.3 is 9.94 Å². The molecule has 0 N–H and O–H groups in total. The fourth-order valence-electron chi connectivity index (χ4n) is 2.90.